The summed E-state index contributed by atoms with van der Waals surface area (Å²) in [5.41, 5.74) is 4.75. The molecule has 1 aromatic rings. The van der Waals surface area contributed by atoms with E-state index in [1.54, 1.807) is 0 Å². The van der Waals surface area contributed by atoms with E-state index >= 15 is 0 Å². The van der Waals surface area contributed by atoms with Crippen LogP contribution in [0.4, 0.5) is 17.6 Å². The molecular weight excluding hydrogens is 378 g/mol. The molecule has 5 nitrogen and oxygen atoms in total. The summed E-state index contributed by atoms with van der Waals surface area (Å²) in [7, 11) is 1.40. The molecule has 0 fully saturated rings. The molecule has 9 heteroatoms. The van der Waals surface area contributed by atoms with Gasteiger partial charge < -0.3 is 10.5 Å². The van der Waals surface area contributed by atoms with Crippen LogP contribution in [0.25, 0.3) is 0 Å². The maximum Gasteiger partial charge on any atom is 0.387 e. The van der Waals surface area contributed by atoms with Gasteiger partial charge >= 0.3 is 6.61 Å². The molecule has 1 heterocycles. The molecule has 0 saturated heterocycles. The van der Waals surface area contributed by atoms with Gasteiger partial charge in [0.1, 0.15) is 17.4 Å². The Balaban J connectivity index is 2.66. The van der Waals surface area contributed by atoms with Crippen LogP contribution in [0.15, 0.2) is 59.1 Å². The van der Waals surface area contributed by atoms with Gasteiger partial charge in [-0.2, -0.15) is 8.78 Å². The zero-order valence-electron chi connectivity index (χ0n) is 15.5. The van der Waals surface area contributed by atoms with Gasteiger partial charge in [0.15, 0.2) is 11.5 Å². The van der Waals surface area contributed by atoms with Crippen LogP contribution in [0.2, 0.25) is 0 Å². The lowest BCUT2D eigenvalue weighted by atomic mass is 9.82. The number of benzene rings is 1. The molecule has 2 N–H and O–H groups in total. The minimum atomic E-state index is -3.01. The Morgan fingerprint density at radius 1 is 1.36 bits per heavy atom. The number of ether oxygens (including phenoxy) is 1. The van der Waals surface area contributed by atoms with Crippen molar-refractivity contribution in [2.75, 3.05) is 7.05 Å². The van der Waals surface area contributed by atoms with Crippen molar-refractivity contribution >= 4 is 11.9 Å². The van der Waals surface area contributed by atoms with E-state index in [0.29, 0.717) is 11.6 Å². The zero-order valence-corrected chi connectivity index (χ0v) is 15.5. The molecule has 1 aromatic carbocycles. The Labute approximate surface area is 159 Å². The highest BCUT2D eigenvalue weighted by atomic mass is 19.3. The summed E-state index contributed by atoms with van der Waals surface area (Å²) in [6.45, 7) is 2.88. The van der Waals surface area contributed by atoms with Crippen LogP contribution in [0, 0.1) is 6.92 Å². The molecule has 28 heavy (non-hydrogen) atoms. The molecule has 150 valence electrons. The number of nitrogens with two attached hydrogens (primary N) is 1. The lowest BCUT2D eigenvalue weighted by Gasteiger charge is -2.27. The highest BCUT2D eigenvalue weighted by molar-refractivity contribution is 6.08. The summed E-state index contributed by atoms with van der Waals surface area (Å²) < 4.78 is 56.3. The van der Waals surface area contributed by atoms with Crippen LogP contribution in [0.3, 0.4) is 0 Å². The van der Waals surface area contributed by atoms with Gasteiger partial charge in [0.25, 0.3) is 5.91 Å². The number of rotatable bonds is 6. The van der Waals surface area contributed by atoms with E-state index in [1.165, 1.54) is 39.1 Å². The number of nitrogens with zero attached hydrogens (tertiary/aromatic N) is 2. The third-order valence-corrected chi connectivity index (χ3v) is 4.27. The Hall–Kier alpha value is -3.10. The summed E-state index contributed by atoms with van der Waals surface area (Å²) in [6.07, 6.45) is 1.50. The lowest BCUT2D eigenvalue weighted by Crippen LogP contribution is -2.41. The average Bonchev–Trinajstić information content (AvgIpc) is 2.80. The minimum Gasteiger partial charge on any atom is -0.435 e. The molecule has 0 bridgehead atoms. The van der Waals surface area contributed by atoms with Crippen LogP contribution in [0.1, 0.15) is 18.1 Å². The van der Waals surface area contributed by atoms with Crippen molar-refractivity contribution in [2.45, 2.75) is 26.0 Å². The second kappa shape index (κ2) is 7.87. The number of guanidine groups is 1. The van der Waals surface area contributed by atoms with E-state index in [4.69, 9.17) is 5.73 Å². The Morgan fingerprint density at radius 2 is 2.00 bits per heavy atom. The first-order valence-corrected chi connectivity index (χ1v) is 8.08. The van der Waals surface area contributed by atoms with Crippen molar-refractivity contribution in [3.05, 3.63) is 65.3 Å². The topological polar surface area (TPSA) is 67.9 Å². The van der Waals surface area contributed by atoms with Crippen molar-refractivity contribution in [3.8, 4) is 5.75 Å². The number of halogens is 4. The summed E-state index contributed by atoms with van der Waals surface area (Å²) in [4.78, 5) is 18.3. The Kier molecular flexibility index (Phi) is 5.96. The molecule has 0 radical (unpaired) electrons. The van der Waals surface area contributed by atoms with E-state index in [9.17, 15) is 22.4 Å². The molecule has 1 amide bonds. The number of aryl methyl sites for hydroxylation is 1. The molecular formula is C19H19F4N3O2. The molecule has 0 saturated carbocycles. The van der Waals surface area contributed by atoms with Gasteiger partial charge in [0, 0.05) is 13.1 Å². The fourth-order valence-corrected chi connectivity index (χ4v) is 2.92. The molecule has 0 aliphatic carbocycles. The second-order valence-electron chi connectivity index (χ2n) is 6.21. The summed E-state index contributed by atoms with van der Waals surface area (Å²) in [6, 6.07) is 4.06. The van der Waals surface area contributed by atoms with Gasteiger partial charge in [-0.1, -0.05) is 12.6 Å². The number of hydrogen-bond donors (Lipinski definition) is 1. The number of allylic oxidation sites excluding steroid dienone is 4. The molecule has 1 unspecified atom stereocenters. The third-order valence-electron chi connectivity index (χ3n) is 4.27. The molecule has 1 atom stereocenters. The minimum absolute atomic E-state index is 0.0777. The molecule has 1 aliphatic heterocycles. The van der Waals surface area contributed by atoms with Crippen molar-refractivity contribution in [1.29, 1.82) is 0 Å². The first-order valence-electron chi connectivity index (χ1n) is 8.08. The largest absolute Gasteiger partial charge is 0.435 e. The van der Waals surface area contributed by atoms with Gasteiger partial charge in [-0.3, -0.25) is 9.69 Å². The number of carbonyl (C=O) groups is 1. The maximum atomic E-state index is 14.0. The summed E-state index contributed by atoms with van der Waals surface area (Å²) in [5, 5.41) is 0. The van der Waals surface area contributed by atoms with Gasteiger partial charge in [-0.15, -0.1) is 0 Å². The molecule has 0 spiro atoms. The highest BCUT2D eigenvalue weighted by Gasteiger charge is 2.49. The fourth-order valence-electron chi connectivity index (χ4n) is 2.92. The average molecular weight is 397 g/mol. The van der Waals surface area contributed by atoms with E-state index in [-0.39, 0.29) is 22.8 Å². The van der Waals surface area contributed by atoms with Crippen molar-refractivity contribution in [2.24, 2.45) is 10.7 Å². The van der Waals surface area contributed by atoms with Crippen LogP contribution < -0.4 is 10.5 Å². The van der Waals surface area contributed by atoms with Gasteiger partial charge in [-0.05, 0) is 48.8 Å². The Morgan fingerprint density at radius 3 is 2.46 bits per heavy atom. The van der Waals surface area contributed by atoms with E-state index < -0.39 is 29.7 Å². The number of hydrogen-bond acceptors (Lipinski definition) is 4. The molecule has 2 rings (SSSR count). The number of amides is 1. The van der Waals surface area contributed by atoms with E-state index in [1.807, 2.05) is 0 Å². The fraction of sp³-hybridized carbons (Fsp3) is 0.263. The van der Waals surface area contributed by atoms with Gasteiger partial charge in [0.05, 0.1) is 0 Å². The number of alkyl halides is 2. The van der Waals surface area contributed by atoms with E-state index in [2.05, 4.69) is 16.3 Å². The van der Waals surface area contributed by atoms with Crippen molar-refractivity contribution < 1.29 is 27.1 Å². The molecule has 0 aromatic heterocycles. The van der Waals surface area contributed by atoms with Crippen molar-refractivity contribution in [1.82, 2.24) is 4.90 Å². The normalized spacial score (nSPS) is 20.6. The standard InChI is InChI=1S/C19H19F4N3O2/c1-10-7-13(5-6-15(10)28-17(22)23)19(16(27)26(4)18(24)25-19)11(2)8-14(21)9-12(3)20/h5-9,17H,3H2,1-2,4H3,(H2,24,25)/b11-8+,14-9+. The quantitative estimate of drug-likeness (QED) is 0.586. The SMILES string of the molecule is C=C(F)/C=C(F)\C=C(/C)C1(c2ccc(OC(F)F)c(C)c2)N=C(N)N(C)C1=O. The predicted molar refractivity (Wildman–Crippen MR) is 97.1 cm³/mol. The van der Waals surface area contributed by atoms with Crippen LogP contribution in [-0.4, -0.2) is 30.4 Å². The maximum absolute atomic E-state index is 14.0. The summed E-state index contributed by atoms with van der Waals surface area (Å²) >= 11 is 0. The Bertz CT molecular complexity index is 908. The third kappa shape index (κ3) is 3.92. The zero-order chi connectivity index (χ0) is 21.2. The first kappa shape index (κ1) is 21.2. The van der Waals surface area contributed by atoms with Gasteiger partial charge in [-0.25, -0.2) is 13.8 Å². The molecule has 1 aliphatic rings. The van der Waals surface area contributed by atoms with E-state index in [0.717, 1.165) is 11.0 Å². The van der Waals surface area contributed by atoms with Crippen LogP contribution >= 0.6 is 0 Å². The smallest absolute Gasteiger partial charge is 0.387 e. The monoisotopic (exact) mass is 397 g/mol. The van der Waals surface area contributed by atoms with Crippen LogP contribution in [0.5, 0.6) is 5.75 Å². The highest BCUT2D eigenvalue weighted by Crippen LogP contribution is 2.41. The number of carbonyl (C=O) groups excluding carboxylic acids is 1. The van der Waals surface area contributed by atoms with Crippen molar-refractivity contribution in [3.63, 3.8) is 0 Å². The van der Waals surface area contributed by atoms with Crippen LogP contribution in [-0.2, 0) is 10.3 Å². The second-order valence-corrected chi connectivity index (χ2v) is 6.21. The number of aliphatic imine (C=N–C) groups is 1. The predicted octanol–water partition coefficient (Wildman–Crippen LogP) is 3.86. The van der Waals surface area contributed by atoms with Gasteiger partial charge in [0.2, 0.25) is 0 Å². The lowest BCUT2D eigenvalue weighted by molar-refractivity contribution is -0.129. The summed E-state index contributed by atoms with van der Waals surface area (Å²) in [5.74, 6) is -2.74. The first-order chi connectivity index (χ1) is 13.0. The number of likely N-dealkylation sites (N-methyl/N-ethyl adjacent to an activating group) is 1.